The van der Waals surface area contributed by atoms with E-state index >= 15 is 0 Å². The van der Waals surface area contributed by atoms with E-state index in [-0.39, 0.29) is 12.3 Å². The maximum absolute atomic E-state index is 11.9. The van der Waals surface area contributed by atoms with Gasteiger partial charge in [-0.3, -0.25) is 9.59 Å². The van der Waals surface area contributed by atoms with Crippen molar-refractivity contribution in [1.29, 1.82) is 0 Å². The Bertz CT molecular complexity index is 441. The van der Waals surface area contributed by atoms with Crippen LogP contribution in [-0.2, 0) is 4.79 Å². The molecular weight excluding hydrogens is 218 g/mol. The number of rotatable bonds is 4. The fourth-order valence-corrected chi connectivity index (χ4v) is 1.56. The molecule has 1 rings (SSSR count). The molecule has 0 radical (unpaired) electrons. The van der Waals surface area contributed by atoms with Gasteiger partial charge >= 0.3 is 0 Å². The molecule has 92 valence electrons. The summed E-state index contributed by atoms with van der Waals surface area (Å²) in [5.74, 6) is -0.773. The Hall–Kier alpha value is -2.04. The van der Waals surface area contributed by atoms with Gasteiger partial charge in [-0.1, -0.05) is 12.1 Å². The van der Waals surface area contributed by atoms with Gasteiger partial charge < -0.3 is 16.8 Å². The van der Waals surface area contributed by atoms with Crippen molar-refractivity contribution in [3.8, 4) is 0 Å². The van der Waals surface area contributed by atoms with Gasteiger partial charge in [0.05, 0.1) is 5.56 Å². The van der Waals surface area contributed by atoms with Crippen molar-refractivity contribution in [2.45, 2.75) is 25.8 Å². The van der Waals surface area contributed by atoms with Crippen molar-refractivity contribution in [2.24, 2.45) is 5.73 Å². The van der Waals surface area contributed by atoms with E-state index in [4.69, 9.17) is 11.5 Å². The molecule has 2 amide bonds. The van der Waals surface area contributed by atoms with Gasteiger partial charge in [-0.15, -0.1) is 0 Å². The van der Waals surface area contributed by atoms with E-state index in [0.717, 1.165) is 0 Å². The van der Waals surface area contributed by atoms with Crippen LogP contribution < -0.4 is 16.8 Å². The first-order valence-corrected chi connectivity index (χ1v) is 5.27. The van der Waals surface area contributed by atoms with Crippen LogP contribution in [0.4, 0.5) is 5.69 Å². The first-order valence-electron chi connectivity index (χ1n) is 5.27. The number of hydrogen-bond acceptors (Lipinski definition) is 3. The lowest BCUT2D eigenvalue weighted by Gasteiger charge is -2.25. The topological polar surface area (TPSA) is 98.2 Å². The highest BCUT2D eigenvalue weighted by atomic mass is 16.2. The lowest BCUT2D eigenvalue weighted by atomic mass is 9.99. The summed E-state index contributed by atoms with van der Waals surface area (Å²) in [7, 11) is 0. The van der Waals surface area contributed by atoms with Crippen molar-refractivity contribution in [2.75, 3.05) is 5.73 Å². The van der Waals surface area contributed by atoms with Gasteiger partial charge in [0.15, 0.2) is 0 Å². The van der Waals surface area contributed by atoms with Crippen molar-refractivity contribution < 1.29 is 9.59 Å². The number of benzene rings is 1. The second-order valence-corrected chi connectivity index (χ2v) is 4.57. The molecule has 1 aromatic rings. The summed E-state index contributed by atoms with van der Waals surface area (Å²) in [5.41, 5.74) is 10.9. The number of amides is 2. The smallest absolute Gasteiger partial charge is 0.253 e. The van der Waals surface area contributed by atoms with Crippen molar-refractivity contribution >= 4 is 17.5 Å². The summed E-state index contributed by atoms with van der Waals surface area (Å²) in [4.78, 5) is 22.8. The molecular formula is C12H17N3O2. The third kappa shape index (κ3) is 3.79. The van der Waals surface area contributed by atoms with Crippen molar-refractivity contribution in [3.63, 3.8) is 0 Å². The molecule has 1 aromatic carbocycles. The highest BCUT2D eigenvalue weighted by molar-refractivity contribution is 5.99. The van der Waals surface area contributed by atoms with Gasteiger partial charge in [0.1, 0.15) is 0 Å². The molecule has 0 aromatic heterocycles. The van der Waals surface area contributed by atoms with Crippen LogP contribution in [-0.4, -0.2) is 17.4 Å². The normalized spacial score (nSPS) is 10.9. The molecule has 5 N–H and O–H groups in total. The van der Waals surface area contributed by atoms with Crippen LogP contribution in [0, 0.1) is 0 Å². The van der Waals surface area contributed by atoms with Crippen molar-refractivity contribution in [3.05, 3.63) is 29.8 Å². The molecule has 0 spiro atoms. The number of carbonyl (C=O) groups is 2. The predicted octanol–water partition coefficient (Wildman–Crippen LogP) is 0.653. The zero-order valence-corrected chi connectivity index (χ0v) is 9.99. The first-order chi connectivity index (χ1) is 7.82. The molecule has 5 heteroatoms. The highest BCUT2D eigenvalue weighted by Crippen LogP contribution is 2.14. The molecule has 0 saturated carbocycles. The summed E-state index contributed by atoms with van der Waals surface area (Å²) in [6.07, 6.45) is 0.0749. The minimum absolute atomic E-state index is 0.0749. The fourth-order valence-electron chi connectivity index (χ4n) is 1.56. The van der Waals surface area contributed by atoms with Crippen LogP contribution in [0.2, 0.25) is 0 Å². The van der Waals surface area contributed by atoms with Crippen LogP contribution in [0.25, 0.3) is 0 Å². The van der Waals surface area contributed by atoms with Gasteiger partial charge in [0.25, 0.3) is 5.91 Å². The molecule has 0 aliphatic rings. The minimum Gasteiger partial charge on any atom is -0.398 e. The number of anilines is 1. The third-order valence-corrected chi connectivity index (χ3v) is 2.27. The van der Waals surface area contributed by atoms with Crippen molar-refractivity contribution in [1.82, 2.24) is 5.32 Å². The largest absolute Gasteiger partial charge is 0.398 e. The lowest BCUT2D eigenvalue weighted by molar-refractivity contribution is -0.119. The Labute approximate surface area is 100 Å². The Balaban J connectivity index is 2.79. The van der Waals surface area contributed by atoms with Crippen LogP contribution in [0.1, 0.15) is 30.6 Å². The van der Waals surface area contributed by atoms with E-state index in [2.05, 4.69) is 5.32 Å². The molecule has 0 heterocycles. The van der Waals surface area contributed by atoms with E-state index in [1.807, 2.05) is 0 Å². The average Bonchev–Trinajstić information content (AvgIpc) is 2.14. The van der Waals surface area contributed by atoms with Crippen LogP contribution in [0.5, 0.6) is 0 Å². The standard InChI is InChI=1S/C12H17N3O2/c1-12(2,7-10(14)16)15-11(17)8-5-3-4-6-9(8)13/h3-6H,7,13H2,1-2H3,(H2,14,16)(H,15,17). The number of para-hydroxylation sites is 1. The Kier molecular flexibility index (Phi) is 3.73. The van der Waals surface area contributed by atoms with E-state index in [0.29, 0.717) is 11.3 Å². The summed E-state index contributed by atoms with van der Waals surface area (Å²) in [6.45, 7) is 3.46. The molecule has 0 bridgehead atoms. The lowest BCUT2D eigenvalue weighted by Crippen LogP contribution is -2.46. The highest BCUT2D eigenvalue weighted by Gasteiger charge is 2.24. The van der Waals surface area contributed by atoms with Crippen LogP contribution in [0.15, 0.2) is 24.3 Å². The van der Waals surface area contributed by atoms with Gasteiger partial charge in [-0.2, -0.15) is 0 Å². The minimum atomic E-state index is -0.689. The second-order valence-electron chi connectivity index (χ2n) is 4.57. The summed E-state index contributed by atoms with van der Waals surface area (Å²) < 4.78 is 0. The number of nitrogens with two attached hydrogens (primary N) is 2. The number of primary amides is 1. The van der Waals surface area contributed by atoms with Crippen LogP contribution in [0.3, 0.4) is 0 Å². The number of nitrogen functional groups attached to an aromatic ring is 1. The van der Waals surface area contributed by atoms with E-state index < -0.39 is 11.4 Å². The third-order valence-electron chi connectivity index (χ3n) is 2.27. The van der Waals surface area contributed by atoms with E-state index in [1.165, 1.54) is 0 Å². The number of carbonyl (C=O) groups excluding carboxylic acids is 2. The maximum atomic E-state index is 11.9. The van der Waals surface area contributed by atoms with Crippen LogP contribution >= 0.6 is 0 Å². The summed E-state index contributed by atoms with van der Waals surface area (Å²) >= 11 is 0. The quantitative estimate of drug-likeness (QED) is 0.668. The molecule has 5 nitrogen and oxygen atoms in total. The molecule has 0 aliphatic heterocycles. The molecule has 17 heavy (non-hydrogen) atoms. The summed E-state index contributed by atoms with van der Waals surface area (Å²) in [5, 5.41) is 2.72. The molecule has 0 aliphatic carbocycles. The number of hydrogen-bond donors (Lipinski definition) is 3. The SMILES string of the molecule is CC(C)(CC(N)=O)NC(=O)c1ccccc1N. The first kappa shape index (κ1) is 13.0. The van der Waals surface area contributed by atoms with Gasteiger partial charge in [-0.05, 0) is 26.0 Å². The Morgan fingerprint density at radius 2 is 1.88 bits per heavy atom. The molecule has 0 fully saturated rings. The number of nitrogens with one attached hydrogen (secondary N) is 1. The van der Waals surface area contributed by atoms with E-state index in [1.54, 1.807) is 38.1 Å². The molecule has 0 saturated heterocycles. The molecule has 0 atom stereocenters. The average molecular weight is 235 g/mol. The Morgan fingerprint density at radius 1 is 1.29 bits per heavy atom. The van der Waals surface area contributed by atoms with Gasteiger partial charge in [0, 0.05) is 17.6 Å². The van der Waals surface area contributed by atoms with Gasteiger partial charge in [0.2, 0.25) is 5.91 Å². The zero-order chi connectivity index (χ0) is 13.1. The fraction of sp³-hybridized carbons (Fsp3) is 0.333. The molecule has 0 unspecified atom stereocenters. The monoisotopic (exact) mass is 235 g/mol. The predicted molar refractivity (Wildman–Crippen MR) is 66.2 cm³/mol. The van der Waals surface area contributed by atoms with E-state index in [9.17, 15) is 9.59 Å². The summed E-state index contributed by atoms with van der Waals surface area (Å²) in [6, 6.07) is 6.76. The zero-order valence-electron chi connectivity index (χ0n) is 9.99. The maximum Gasteiger partial charge on any atom is 0.253 e. The second kappa shape index (κ2) is 4.86. The Morgan fingerprint density at radius 3 is 2.41 bits per heavy atom. The van der Waals surface area contributed by atoms with Gasteiger partial charge in [-0.25, -0.2) is 0 Å².